The summed E-state index contributed by atoms with van der Waals surface area (Å²) in [5.74, 6) is 0.133. The molecule has 7 heteroatoms. The lowest BCUT2D eigenvalue weighted by atomic mass is 9.90. The van der Waals surface area contributed by atoms with Crippen molar-refractivity contribution in [2.24, 2.45) is 0 Å². The third kappa shape index (κ3) is 4.30. The second kappa shape index (κ2) is 9.64. The van der Waals surface area contributed by atoms with Gasteiger partial charge in [-0.2, -0.15) is 0 Å². The highest BCUT2D eigenvalue weighted by Gasteiger charge is 2.50. The second-order valence-corrected chi connectivity index (χ2v) is 9.73. The van der Waals surface area contributed by atoms with Gasteiger partial charge in [-0.1, -0.05) is 61.4 Å². The minimum absolute atomic E-state index is 0.0986. The fraction of sp³-hybridized carbons (Fsp3) is 0.345. The Morgan fingerprint density at radius 3 is 2.50 bits per heavy atom. The molecule has 3 aromatic carbocycles. The van der Waals surface area contributed by atoms with Crippen LogP contribution in [0.2, 0.25) is 0 Å². The van der Waals surface area contributed by atoms with E-state index in [2.05, 4.69) is 5.32 Å². The Hall–Kier alpha value is -3.87. The number of rotatable bonds is 5. The zero-order valence-electron chi connectivity index (χ0n) is 20.7. The van der Waals surface area contributed by atoms with Gasteiger partial charge in [-0.05, 0) is 59.9 Å². The van der Waals surface area contributed by atoms with Crippen molar-refractivity contribution in [3.05, 3.63) is 77.9 Å². The molecule has 0 aliphatic carbocycles. The van der Waals surface area contributed by atoms with Crippen LogP contribution in [0.4, 0.5) is 4.79 Å². The molecule has 2 unspecified atom stereocenters. The van der Waals surface area contributed by atoms with Crippen LogP contribution in [0.3, 0.4) is 0 Å². The fourth-order valence-electron chi connectivity index (χ4n) is 5.34. The van der Waals surface area contributed by atoms with Gasteiger partial charge in [0.05, 0.1) is 13.2 Å². The predicted molar refractivity (Wildman–Crippen MR) is 137 cm³/mol. The molecule has 7 nitrogen and oxygen atoms in total. The van der Waals surface area contributed by atoms with Crippen LogP contribution in [0, 0.1) is 0 Å². The van der Waals surface area contributed by atoms with Crippen molar-refractivity contribution < 1.29 is 19.1 Å². The number of imide groups is 1. The van der Waals surface area contributed by atoms with Gasteiger partial charge in [0.15, 0.2) is 0 Å². The van der Waals surface area contributed by atoms with Gasteiger partial charge >= 0.3 is 6.03 Å². The normalized spacial score (nSPS) is 22.4. The number of nitrogens with one attached hydrogen (secondary N) is 1. The number of hydrogen-bond acceptors (Lipinski definition) is 4. The van der Waals surface area contributed by atoms with Crippen molar-refractivity contribution in [1.82, 2.24) is 15.1 Å². The smallest absolute Gasteiger partial charge is 0.325 e. The van der Waals surface area contributed by atoms with Crippen LogP contribution in [0.5, 0.6) is 5.75 Å². The minimum Gasteiger partial charge on any atom is -0.497 e. The highest BCUT2D eigenvalue weighted by molar-refractivity contribution is 6.09. The summed E-state index contributed by atoms with van der Waals surface area (Å²) in [4.78, 5) is 42.9. The molecule has 1 N–H and O–H groups in total. The summed E-state index contributed by atoms with van der Waals surface area (Å²) in [6.45, 7) is 2.02. The molecule has 0 bridgehead atoms. The maximum Gasteiger partial charge on any atom is 0.325 e. The molecule has 0 spiro atoms. The second-order valence-electron chi connectivity index (χ2n) is 9.73. The van der Waals surface area contributed by atoms with E-state index < -0.39 is 17.5 Å². The van der Waals surface area contributed by atoms with Gasteiger partial charge in [-0.15, -0.1) is 0 Å². The number of benzene rings is 3. The van der Waals surface area contributed by atoms with Gasteiger partial charge in [0.2, 0.25) is 5.91 Å². The number of urea groups is 1. The van der Waals surface area contributed by atoms with Crippen LogP contribution in [0.1, 0.15) is 49.8 Å². The quantitative estimate of drug-likeness (QED) is 0.529. The summed E-state index contributed by atoms with van der Waals surface area (Å²) >= 11 is 0. The Labute approximate surface area is 211 Å². The number of ether oxygens (including phenoxy) is 1. The number of nitrogens with zero attached hydrogens (tertiary/aromatic N) is 2. The van der Waals surface area contributed by atoms with Crippen molar-refractivity contribution in [2.75, 3.05) is 20.2 Å². The number of methoxy groups -OCH3 is 1. The first-order chi connectivity index (χ1) is 17.4. The van der Waals surface area contributed by atoms with E-state index in [1.54, 1.807) is 14.0 Å². The van der Waals surface area contributed by atoms with E-state index in [0.717, 1.165) is 52.7 Å². The summed E-state index contributed by atoms with van der Waals surface area (Å²) in [6.07, 6.45) is 3.80. The van der Waals surface area contributed by atoms with Crippen LogP contribution >= 0.6 is 0 Å². The summed E-state index contributed by atoms with van der Waals surface area (Å²) in [7, 11) is 1.63. The summed E-state index contributed by atoms with van der Waals surface area (Å²) in [5.41, 5.74) is 0.500. The van der Waals surface area contributed by atoms with Crippen LogP contribution in [-0.2, 0) is 15.1 Å². The van der Waals surface area contributed by atoms with E-state index in [-0.39, 0.29) is 18.5 Å². The molecule has 36 heavy (non-hydrogen) atoms. The molecule has 3 aromatic rings. The molecule has 0 saturated carbocycles. The Morgan fingerprint density at radius 1 is 1.00 bits per heavy atom. The van der Waals surface area contributed by atoms with Gasteiger partial charge < -0.3 is 15.0 Å². The van der Waals surface area contributed by atoms with Crippen molar-refractivity contribution in [1.29, 1.82) is 0 Å². The maximum atomic E-state index is 13.6. The highest BCUT2D eigenvalue weighted by Crippen LogP contribution is 2.33. The molecule has 2 fully saturated rings. The first-order valence-electron chi connectivity index (χ1n) is 12.5. The molecular weight excluding hydrogens is 454 g/mol. The molecule has 2 atom stereocenters. The molecule has 2 aliphatic heterocycles. The summed E-state index contributed by atoms with van der Waals surface area (Å²) in [5, 5.41) is 4.88. The average molecular weight is 486 g/mol. The Balaban J connectivity index is 1.37. The third-order valence-corrected chi connectivity index (χ3v) is 7.47. The molecule has 2 saturated heterocycles. The largest absolute Gasteiger partial charge is 0.497 e. The number of carbonyl (C=O) groups excluding carboxylic acids is 3. The third-order valence-electron chi connectivity index (χ3n) is 7.47. The summed E-state index contributed by atoms with van der Waals surface area (Å²) in [6, 6.07) is 20.7. The minimum atomic E-state index is -1.23. The van der Waals surface area contributed by atoms with Gasteiger partial charge in [0.1, 0.15) is 17.8 Å². The van der Waals surface area contributed by atoms with Gasteiger partial charge in [0.25, 0.3) is 5.91 Å². The van der Waals surface area contributed by atoms with Gasteiger partial charge in [0, 0.05) is 6.54 Å². The van der Waals surface area contributed by atoms with Gasteiger partial charge in [-0.25, -0.2) is 4.79 Å². The van der Waals surface area contributed by atoms with E-state index >= 15 is 0 Å². The number of fused-ring (bicyclic) bond motifs is 1. The zero-order chi connectivity index (χ0) is 25.3. The number of hydrogen-bond donors (Lipinski definition) is 1. The van der Waals surface area contributed by atoms with E-state index in [1.807, 2.05) is 71.6 Å². The van der Waals surface area contributed by atoms with Crippen LogP contribution in [0.15, 0.2) is 66.7 Å². The molecule has 2 aliphatic rings. The van der Waals surface area contributed by atoms with Crippen LogP contribution in [-0.4, -0.2) is 47.8 Å². The molecule has 2 heterocycles. The van der Waals surface area contributed by atoms with Crippen molar-refractivity contribution in [3.8, 4) is 5.75 Å². The molecular formula is C29H31N3O4. The predicted octanol–water partition coefficient (Wildman–Crippen LogP) is 4.76. The lowest BCUT2D eigenvalue weighted by Gasteiger charge is -2.32. The highest BCUT2D eigenvalue weighted by atomic mass is 16.5. The maximum absolute atomic E-state index is 13.6. The standard InChI is InChI=1S/C29H31N3O4/c1-29(23-14-11-20-8-5-6-9-22(20)18-23)27(34)32(28(35)30-29)19-26(33)31-17-7-3-4-10-25(31)21-12-15-24(36-2)16-13-21/h5-6,8-9,11-16,18,25H,3-4,7,10,17,19H2,1-2H3,(H,30,35). The number of likely N-dealkylation sites (tertiary alicyclic amines) is 1. The molecule has 5 rings (SSSR count). The fourth-order valence-corrected chi connectivity index (χ4v) is 5.34. The van der Waals surface area contributed by atoms with E-state index in [4.69, 9.17) is 4.74 Å². The molecule has 0 radical (unpaired) electrons. The number of amides is 4. The number of carbonyl (C=O) groups is 3. The molecule has 4 amide bonds. The van der Waals surface area contributed by atoms with Crippen LogP contribution < -0.4 is 10.1 Å². The first-order valence-corrected chi connectivity index (χ1v) is 12.5. The Morgan fingerprint density at radius 2 is 1.75 bits per heavy atom. The molecule has 0 aromatic heterocycles. The molecule has 186 valence electrons. The van der Waals surface area contributed by atoms with E-state index in [0.29, 0.717) is 12.1 Å². The van der Waals surface area contributed by atoms with Crippen molar-refractivity contribution in [2.45, 2.75) is 44.2 Å². The lowest BCUT2D eigenvalue weighted by Crippen LogP contribution is -2.45. The summed E-state index contributed by atoms with van der Waals surface area (Å²) < 4.78 is 5.28. The van der Waals surface area contributed by atoms with E-state index in [1.165, 1.54) is 0 Å². The Kier molecular flexibility index (Phi) is 6.39. The van der Waals surface area contributed by atoms with Crippen LogP contribution in [0.25, 0.3) is 10.8 Å². The monoisotopic (exact) mass is 485 g/mol. The first kappa shape index (κ1) is 23.9. The topological polar surface area (TPSA) is 79.0 Å². The van der Waals surface area contributed by atoms with Crippen molar-refractivity contribution >= 4 is 28.6 Å². The Bertz CT molecular complexity index is 1310. The van der Waals surface area contributed by atoms with Gasteiger partial charge in [-0.3, -0.25) is 14.5 Å². The van der Waals surface area contributed by atoms with Crippen molar-refractivity contribution in [3.63, 3.8) is 0 Å². The SMILES string of the molecule is COc1ccc(C2CCCCCN2C(=O)CN2C(=O)NC(C)(c3ccc4ccccc4c3)C2=O)cc1. The average Bonchev–Trinajstić information content (AvgIpc) is 3.06. The van der Waals surface area contributed by atoms with E-state index in [9.17, 15) is 14.4 Å². The zero-order valence-corrected chi connectivity index (χ0v) is 20.7. The lowest BCUT2D eigenvalue weighted by molar-refractivity contribution is -0.140.